The van der Waals surface area contributed by atoms with Crippen LogP contribution in [-0.4, -0.2) is 111 Å². The molecule has 0 atom stereocenters. The van der Waals surface area contributed by atoms with Crippen molar-refractivity contribution in [3.05, 3.63) is 82.7 Å². The minimum atomic E-state index is -0.519. The minimum absolute atomic E-state index is 0.0971. The van der Waals surface area contributed by atoms with Crippen LogP contribution in [0.2, 0.25) is 0 Å². The van der Waals surface area contributed by atoms with Crippen LogP contribution in [0.1, 0.15) is 223 Å². The van der Waals surface area contributed by atoms with Crippen molar-refractivity contribution in [2.24, 2.45) is 20.5 Å². The zero-order valence-corrected chi connectivity index (χ0v) is 52.3. The van der Waals surface area contributed by atoms with Crippen LogP contribution >= 0.6 is 23.1 Å². The molecule has 0 aliphatic heterocycles. The normalized spacial score (nSPS) is 11.3. The van der Waals surface area contributed by atoms with Gasteiger partial charge in [-0.1, -0.05) is 131 Å². The van der Waals surface area contributed by atoms with Gasteiger partial charge in [-0.05, 0) is 88.8 Å². The fourth-order valence-corrected chi connectivity index (χ4v) is 9.64. The van der Waals surface area contributed by atoms with E-state index in [4.69, 9.17) is 20.9 Å². The van der Waals surface area contributed by atoms with E-state index in [1.807, 2.05) is 9.80 Å². The largest absolute Gasteiger partial charge is 0.462 e. The van der Waals surface area contributed by atoms with Gasteiger partial charge in [0.2, 0.25) is 10.3 Å². The van der Waals surface area contributed by atoms with Crippen molar-refractivity contribution in [2.45, 2.75) is 184 Å². The Labute approximate surface area is 503 Å². The van der Waals surface area contributed by atoms with Gasteiger partial charge in [0.15, 0.2) is 23.0 Å². The molecule has 0 radical (unpaired) electrons. The summed E-state index contributed by atoms with van der Waals surface area (Å²) in [5.41, 5.74) is 17.0. The Morgan fingerprint density at radius 3 is 1.14 bits per heavy atom. The number of carbonyl (C=O) groups is 4. The fourth-order valence-electron chi connectivity index (χ4n) is 8.92. The number of aryl methyl sites for hydroxylation is 2. The number of ether oxygens (including phenoxy) is 2. The highest BCUT2D eigenvalue weighted by molar-refractivity contribution is 7.09. The molecule has 4 heterocycles. The molecule has 6 aromatic rings. The van der Waals surface area contributed by atoms with Gasteiger partial charge in [-0.3, -0.25) is 9.59 Å². The van der Waals surface area contributed by atoms with Crippen molar-refractivity contribution in [2.75, 3.05) is 50.9 Å². The van der Waals surface area contributed by atoms with Crippen LogP contribution in [0.15, 0.2) is 69.5 Å². The van der Waals surface area contributed by atoms with Gasteiger partial charge in [-0.15, -0.1) is 20.5 Å². The summed E-state index contributed by atoms with van der Waals surface area (Å²) in [6.07, 6.45) is 23.4. The fraction of sp³-hybridized carbons (Fsp3) is 0.567. The molecule has 0 aliphatic carbocycles. The second kappa shape index (κ2) is 37.1. The molecule has 0 saturated carbocycles. The first-order chi connectivity index (χ1) is 40.8. The first-order valence-electron chi connectivity index (χ1n) is 30.1. The molecule has 24 heteroatoms. The maximum atomic E-state index is 13.9. The molecule has 4 N–H and O–H groups in total. The number of esters is 2. The van der Waals surface area contributed by atoms with Crippen molar-refractivity contribution in [1.82, 2.24) is 48.1 Å². The van der Waals surface area contributed by atoms with Gasteiger partial charge >= 0.3 is 11.9 Å². The van der Waals surface area contributed by atoms with E-state index in [1.54, 1.807) is 44.2 Å². The molecular formula is C60H88N16O6S2. The average molecular weight is 1190 g/mol. The van der Waals surface area contributed by atoms with Gasteiger partial charge in [-0.2, -0.15) is 18.9 Å². The third kappa shape index (κ3) is 21.1. The number of hydrogen-bond donors (Lipinski definition) is 2. The lowest BCUT2D eigenvalue weighted by Crippen LogP contribution is -2.35. The summed E-state index contributed by atoms with van der Waals surface area (Å²) >= 11 is 2.22. The third-order valence-corrected chi connectivity index (χ3v) is 14.9. The van der Waals surface area contributed by atoms with Gasteiger partial charge < -0.3 is 30.7 Å². The van der Waals surface area contributed by atoms with E-state index in [-0.39, 0.29) is 34.6 Å². The number of nitrogen functional groups attached to an aromatic ring is 2. The van der Waals surface area contributed by atoms with Crippen molar-refractivity contribution >= 4 is 80.1 Å². The quantitative estimate of drug-likeness (QED) is 0.0210. The molecule has 84 heavy (non-hydrogen) atoms. The van der Waals surface area contributed by atoms with Crippen molar-refractivity contribution in [3.8, 4) is 11.4 Å². The molecule has 0 fully saturated rings. The van der Waals surface area contributed by atoms with Gasteiger partial charge in [0.1, 0.15) is 12.7 Å². The molecule has 4 aromatic heterocycles. The molecule has 0 aliphatic rings. The van der Waals surface area contributed by atoms with E-state index in [0.29, 0.717) is 94.9 Å². The number of rotatable bonds is 36. The molecule has 456 valence electrons. The standard InChI is InChI=1S/C30H45N9O2S.C30H43N7O4S/c1-6-10-14-37(15-11-7-2)28(40)23-18-24(29(41)38(16-12-8-3)17-13-9-4)20-25(19-23)39-27(31)26(22(5)36-39)34-35-30-32-21-33-42-30;1-4-6-8-10-12-14-16-40-28(38)23-18-24(29(39)41-17-15-13-11-9-7-5-2)20-25(19-23)37-27(31)26(22(3)36-37)34-35-30-32-21-33-42-30/h18-21H,6-17,31H2,1-5H3;18-21H,4-17,31H2,1-3H3. The predicted octanol–water partition coefficient (Wildman–Crippen LogP) is 15.2. The Kier molecular flexibility index (Phi) is 29.8. The van der Waals surface area contributed by atoms with E-state index in [9.17, 15) is 19.2 Å². The Bertz CT molecular complexity index is 2900. The number of carbonyl (C=O) groups excluding carboxylic acids is 4. The Morgan fingerprint density at radius 1 is 0.464 bits per heavy atom. The van der Waals surface area contributed by atoms with Crippen LogP contribution in [0, 0.1) is 13.8 Å². The summed E-state index contributed by atoms with van der Waals surface area (Å²) in [6, 6.07) is 9.96. The highest BCUT2D eigenvalue weighted by atomic mass is 32.1. The number of unbranched alkanes of at least 4 members (excludes halogenated alkanes) is 14. The first kappa shape index (κ1) is 67.5. The smallest absolute Gasteiger partial charge is 0.338 e. The molecule has 0 bridgehead atoms. The minimum Gasteiger partial charge on any atom is -0.462 e. The highest BCUT2D eigenvalue weighted by Crippen LogP contribution is 2.33. The summed E-state index contributed by atoms with van der Waals surface area (Å²) in [4.78, 5) is 65.7. The molecule has 22 nitrogen and oxygen atoms in total. The van der Waals surface area contributed by atoms with E-state index >= 15 is 0 Å². The van der Waals surface area contributed by atoms with Gasteiger partial charge in [0.25, 0.3) is 11.8 Å². The average Bonchev–Trinajstić information content (AvgIpc) is 3.18. The first-order valence-corrected chi connectivity index (χ1v) is 31.6. The summed E-state index contributed by atoms with van der Waals surface area (Å²) in [5.74, 6) is -0.778. The van der Waals surface area contributed by atoms with Crippen molar-refractivity contribution in [1.29, 1.82) is 0 Å². The number of aromatic nitrogens is 8. The van der Waals surface area contributed by atoms with Crippen LogP contribution < -0.4 is 11.5 Å². The maximum absolute atomic E-state index is 13.9. The molecule has 6 rings (SSSR count). The van der Waals surface area contributed by atoms with Gasteiger partial charge in [0, 0.05) is 60.4 Å². The number of azo groups is 2. The lowest BCUT2D eigenvalue weighted by Gasteiger charge is -2.25. The maximum Gasteiger partial charge on any atom is 0.338 e. The van der Waals surface area contributed by atoms with Crippen LogP contribution in [0.4, 0.5) is 33.3 Å². The second-order valence-electron chi connectivity index (χ2n) is 20.7. The topological polar surface area (TPSA) is 282 Å². The second-order valence-corrected chi connectivity index (χ2v) is 22.2. The Hall–Kier alpha value is -7.34. The zero-order valence-electron chi connectivity index (χ0n) is 50.7. The Morgan fingerprint density at radius 2 is 0.798 bits per heavy atom. The van der Waals surface area contributed by atoms with Crippen LogP contribution in [0.25, 0.3) is 11.4 Å². The molecule has 0 spiro atoms. The van der Waals surface area contributed by atoms with Crippen molar-refractivity contribution in [3.63, 3.8) is 0 Å². The number of benzene rings is 2. The lowest BCUT2D eigenvalue weighted by molar-refractivity contribution is 0.0495. The van der Waals surface area contributed by atoms with Gasteiger partial charge in [-0.25, -0.2) is 28.9 Å². The molecule has 0 unspecified atom stereocenters. The number of nitrogens with zero attached hydrogens (tertiary/aromatic N) is 14. The number of hydrogen-bond acceptors (Lipinski definition) is 20. The monoisotopic (exact) mass is 1190 g/mol. The highest BCUT2D eigenvalue weighted by Gasteiger charge is 2.25. The van der Waals surface area contributed by atoms with Crippen LogP contribution in [0.3, 0.4) is 0 Å². The molecule has 2 aromatic carbocycles. The van der Waals surface area contributed by atoms with Gasteiger partial charge in [0.05, 0.1) is 47.1 Å². The number of anilines is 2. The number of amides is 2. The van der Waals surface area contributed by atoms with Crippen LogP contribution in [-0.2, 0) is 9.47 Å². The van der Waals surface area contributed by atoms with E-state index in [2.05, 4.69) is 90.9 Å². The van der Waals surface area contributed by atoms with E-state index in [0.717, 1.165) is 113 Å². The number of nitrogens with two attached hydrogens (primary N) is 2. The SMILES string of the molecule is CCCCCCCCOC(=O)c1cc(C(=O)OCCCCCCCC)cc(-n2nc(C)c(N=Nc3ncns3)c2N)c1.CCCCN(CCCC)C(=O)c1cc(C(=O)N(CCCC)CCCC)cc(-n2nc(C)c(N=Nc3ncns3)c2N)c1. The lowest BCUT2D eigenvalue weighted by atomic mass is 10.1. The molecular weight excluding hydrogens is 1100 g/mol. The Balaban J connectivity index is 0.000000307. The van der Waals surface area contributed by atoms with Crippen molar-refractivity contribution < 1.29 is 28.7 Å². The summed E-state index contributed by atoms with van der Waals surface area (Å²) < 4.78 is 21.9. The molecule has 2 amide bonds. The van der Waals surface area contributed by atoms with Crippen LogP contribution in [0.5, 0.6) is 0 Å². The van der Waals surface area contributed by atoms with E-state index < -0.39 is 11.9 Å². The zero-order chi connectivity index (χ0) is 60.6. The predicted molar refractivity (Wildman–Crippen MR) is 332 cm³/mol. The summed E-state index contributed by atoms with van der Waals surface area (Å²) in [7, 11) is 0. The third-order valence-electron chi connectivity index (χ3n) is 13.8. The molecule has 0 saturated heterocycles. The van der Waals surface area contributed by atoms with E-state index in [1.165, 1.54) is 66.6 Å². The summed E-state index contributed by atoms with van der Waals surface area (Å²) in [6.45, 7) is 19.6. The summed E-state index contributed by atoms with van der Waals surface area (Å²) in [5, 5.41) is 26.6.